The molecular weight excluding hydrogens is 528 g/mol. The van der Waals surface area contributed by atoms with Gasteiger partial charge in [0.05, 0.1) is 6.61 Å². The highest BCUT2D eigenvalue weighted by atomic mass is 32.2. The Morgan fingerprint density at radius 2 is 1.39 bits per heavy atom. The number of nitrogens with one attached hydrogen (secondary N) is 1. The summed E-state index contributed by atoms with van der Waals surface area (Å²) in [5.41, 5.74) is 3.20. The average Bonchev–Trinajstić information content (AvgIpc) is 2.99. The van der Waals surface area contributed by atoms with Gasteiger partial charge in [-0.25, -0.2) is 0 Å². The second kappa shape index (κ2) is 19.7. The number of anilines is 2. The first-order valence-corrected chi connectivity index (χ1v) is 17.8. The Labute approximate surface area is 252 Å². The van der Waals surface area contributed by atoms with Crippen LogP contribution in [-0.4, -0.2) is 41.3 Å². The summed E-state index contributed by atoms with van der Waals surface area (Å²) in [5.74, 6) is 2.37. The number of ether oxygens (including phenoxy) is 1. The number of unbranched alkanes of at least 4 members (excludes halogenated alkanes) is 10. The summed E-state index contributed by atoms with van der Waals surface area (Å²) >= 11 is 0. The van der Waals surface area contributed by atoms with Crippen LogP contribution in [-0.2, 0) is 22.0 Å². The third kappa shape index (κ3) is 13.0. The molecule has 0 bridgehead atoms. The van der Waals surface area contributed by atoms with Crippen LogP contribution in [0, 0.1) is 5.92 Å². The minimum Gasteiger partial charge on any atom is -0.494 e. The number of amides is 1. The van der Waals surface area contributed by atoms with Crippen LogP contribution in [0.25, 0.3) is 0 Å². The first kappa shape index (κ1) is 33.2. The van der Waals surface area contributed by atoms with E-state index in [0.717, 1.165) is 74.7 Å². The summed E-state index contributed by atoms with van der Waals surface area (Å²) in [7, 11) is -0.675. The maximum atomic E-state index is 13.5. The topological polar surface area (TPSA) is 58.6 Å². The highest BCUT2D eigenvalue weighted by Gasteiger charge is 2.20. The van der Waals surface area contributed by atoms with Crippen LogP contribution in [0.4, 0.5) is 11.4 Å². The molecule has 0 spiro atoms. The Bertz CT molecular complexity index is 999. The lowest BCUT2D eigenvalue weighted by Crippen LogP contribution is -2.37. The van der Waals surface area contributed by atoms with E-state index in [1.165, 1.54) is 69.0 Å². The van der Waals surface area contributed by atoms with Gasteiger partial charge in [0.15, 0.2) is 0 Å². The van der Waals surface area contributed by atoms with E-state index in [4.69, 9.17) is 4.74 Å². The Morgan fingerprint density at radius 3 is 2.00 bits per heavy atom. The molecule has 1 N–H and O–H groups in total. The van der Waals surface area contributed by atoms with Gasteiger partial charge in [0.1, 0.15) is 5.75 Å². The monoisotopic (exact) mass is 582 g/mol. The van der Waals surface area contributed by atoms with E-state index in [1.54, 1.807) is 0 Å². The van der Waals surface area contributed by atoms with Crippen molar-refractivity contribution < 1.29 is 13.7 Å². The normalized spacial score (nSPS) is 14.6. The fraction of sp³-hybridized carbons (Fsp3) is 0.629. The lowest BCUT2D eigenvalue weighted by molar-refractivity contribution is -0.120. The van der Waals surface area contributed by atoms with Gasteiger partial charge < -0.3 is 15.0 Å². The van der Waals surface area contributed by atoms with E-state index in [0.29, 0.717) is 0 Å². The third-order valence-electron chi connectivity index (χ3n) is 8.13. The fourth-order valence-corrected chi connectivity index (χ4v) is 6.49. The zero-order valence-corrected chi connectivity index (χ0v) is 26.5. The number of hydrogen-bond donors (Lipinski definition) is 1. The summed E-state index contributed by atoms with van der Waals surface area (Å²) in [6.45, 7) is 6.83. The van der Waals surface area contributed by atoms with Crippen molar-refractivity contribution in [3.8, 4) is 5.75 Å². The number of carbonyl (C=O) groups excluding carboxylic acids is 1. The van der Waals surface area contributed by atoms with Crippen molar-refractivity contribution in [2.45, 2.75) is 104 Å². The highest BCUT2D eigenvalue weighted by Crippen LogP contribution is 2.24. The van der Waals surface area contributed by atoms with E-state index < -0.39 is 10.8 Å². The van der Waals surface area contributed by atoms with Crippen LogP contribution in [0.15, 0.2) is 48.5 Å². The van der Waals surface area contributed by atoms with E-state index >= 15 is 0 Å². The Kier molecular flexibility index (Phi) is 16.0. The molecule has 1 unspecified atom stereocenters. The van der Waals surface area contributed by atoms with Crippen LogP contribution in [0.1, 0.15) is 103 Å². The molecule has 0 saturated carbocycles. The van der Waals surface area contributed by atoms with Crippen molar-refractivity contribution in [2.75, 3.05) is 41.4 Å². The maximum absolute atomic E-state index is 13.5. The zero-order valence-electron chi connectivity index (χ0n) is 25.7. The number of hydrogen-bond acceptors (Lipinski definition) is 4. The lowest BCUT2D eigenvalue weighted by atomic mass is 9.92. The van der Waals surface area contributed by atoms with Crippen LogP contribution < -0.4 is 15.0 Å². The molecule has 6 heteroatoms. The number of nitrogens with zero attached hydrogens (tertiary/aromatic N) is 1. The molecule has 1 atom stereocenters. The second-order valence-corrected chi connectivity index (χ2v) is 13.3. The molecule has 1 saturated heterocycles. The van der Waals surface area contributed by atoms with E-state index in [-0.39, 0.29) is 11.8 Å². The van der Waals surface area contributed by atoms with Gasteiger partial charge in [0.25, 0.3) is 0 Å². The van der Waals surface area contributed by atoms with Crippen LogP contribution >= 0.6 is 0 Å². The average molecular weight is 583 g/mol. The van der Waals surface area contributed by atoms with E-state index in [9.17, 15) is 9.00 Å². The summed E-state index contributed by atoms with van der Waals surface area (Å²) in [6.07, 6.45) is 16.8. The van der Waals surface area contributed by atoms with Crippen molar-refractivity contribution >= 4 is 28.1 Å². The van der Waals surface area contributed by atoms with Gasteiger partial charge in [-0.15, -0.1) is 0 Å². The molecule has 1 aliphatic heterocycles. The molecule has 1 fully saturated rings. The zero-order chi connectivity index (χ0) is 29.1. The van der Waals surface area contributed by atoms with Gasteiger partial charge in [-0.1, -0.05) is 96.6 Å². The van der Waals surface area contributed by atoms with Gasteiger partial charge in [0.2, 0.25) is 5.91 Å². The van der Waals surface area contributed by atoms with Crippen molar-refractivity contribution in [2.24, 2.45) is 5.92 Å². The molecule has 1 heterocycles. The van der Waals surface area contributed by atoms with Crippen molar-refractivity contribution in [3.05, 3.63) is 54.1 Å². The molecule has 1 amide bonds. The molecule has 2 aromatic rings. The van der Waals surface area contributed by atoms with E-state index in [2.05, 4.69) is 48.3 Å². The lowest BCUT2D eigenvalue weighted by Gasteiger charge is -2.28. The SMILES string of the molecule is CCCCCCCCCCCCC(Cc1ccc(N2CCS(=O)CC2)cc1)C(=O)Nc1ccc(OCCCC)cc1. The molecule has 41 heavy (non-hydrogen) atoms. The molecule has 0 aromatic heterocycles. The Hall–Kier alpha value is -2.34. The van der Waals surface area contributed by atoms with Gasteiger partial charge in [0, 0.05) is 52.7 Å². The molecule has 0 aliphatic carbocycles. The summed E-state index contributed by atoms with van der Waals surface area (Å²) < 4.78 is 17.5. The van der Waals surface area contributed by atoms with Gasteiger partial charge in [-0.2, -0.15) is 0 Å². The predicted octanol–water partition coefficient (Wildman–Crippen LogP) is 8.54. The molecule has 0 radical (unpaired) electrons. The number of carbonyl (C=O) groups is 1. The van der Waals surface area contributed by atoms with Crippen molar-refractivity contribution in [3.63, 3.8) is 0 Å². The number of benzene rings is 2. The molecule has 1 aliphatic rings. The highest BCUT2D eigenvalue weighted by molar-refractivity contribution is 7.85. The molecule has 2 aromatic carbocycles. The number of rotatable bonds is 20. The first-order valence-electron chi connectivity index (χ1n) is 16.3. The smallest absolute Gasteiger partial charge is 0.227 e. The van der Waals surface area contributed by atoms with Crippen LogP contribution in [0.5, 0.6) is 5.75 Å². The van der Waals surface area contributed by atoms with Crippen LogP contribution in [0.2, 0.25) is 0 Å². The Morgan fingerprint density at radius 1 is 0.805 bits per heavy atom. The largest absolute Gasteiger partial charge is 0.494 e. The summed E-state index contributed by atoms with van der Waals surface area (Å²) in [6, 6.07) is 16.4. The van der Waals surface area contributed by atoms with Gasteiger partial charge in [-0.3, -0.25) is 9.00 Å². The predicted molar refractivity (Wildman–Crippen MR) is 176 cm³/mol. The Balaban J connectivity index is 1.52. The minimum absolute atomic E-state index is 0.0622. The van der Waals surface area contributed by atoms with E-state index in [1.807, 2.05) is 24.3 Å². The molecule has 5 nitrogen and oxygen atoms in total. The first-order chi connectivity index (χ1) is 20.1. The third-order valence-corrected chi connectivity index (χ3v) is 9.40. The maximum Gasteiger partial charge on any atom is 0.227 e. The standard InChI is InChI=1S/C35H54N2O3S/c1-3-5-7-8-9-10-11-12-13-14-15-31(35(38)36-32-18-22-34(23-19-32)40-26-6-4-2)29-30-16-20-33(21-17-30)37-24-27-41(39)28-25-37/h16-23,31H,3-15,24-29H2,1-2H3,(H,36,38). The summed E-state index contributed by atoms with van der Waals surface area (Å²) in [5, 5.41) is 3.18. The molecule has 228 valence electrons. The minimum atomic E-state index is -0.675. The second-order valence-electron chi connectivity index (χ2n) is 11.6. The van der Waals surface area contributed by atoms with Crippen LogP contribution in [0.3, 0.4) is 0 Å². The van der Waals surface area contributed by atoms with Crippen molar-refractivity contribution in [1.82, 2.24) is 0 Å². The van der Waals surface area contributed by atoms with Gasteiger partial charge in [-0.05, 0) is 61.2 Å². The van der Waals surface area contributed by atoms with Gasteiger partial charge >= 0.3 is 0 Å². The molecule has 3 rings (SSSR count). The molecular formula is C35H54N2O3S. The van der Waals surface area contributed by atoms with Crippen molar-refractivity contribution in [1.29, 1.82) is 0 Å². The fourth-order valence-electron chi connectivity index (χ4n) is 5.44. The summed E-state index contributed by atoms with van der Waals surface area (Å²) in [4.78, 5) is 15.8. The quantitative estimate of drug-likeness (QED) is 0.159.